The molecule has 4 nitrogen and oxygen atoms in total. The molecule has 0 spiro atoms. The summed E-state index contributed by atoms with van der Waals surface area (Å²) in [6.45, 7) is 1.77. The van der Waals surface area contributed by atoms with Gasteiger partial charge in [0.15, 0.2) is 0 Å². The van der Waals surface area contributed by atoms with Gasteiger partial charge in [-0.1, -0.05) is 12.1 Å². The maximum absolute atomic E-state index is 10.9. The van der Waals surface area contributed by atoms with E-state index in [-0.39, 0.29) is 0 Å². The van der Waals surface area contributed by atoms with Gasteiger partial charge in [-0.3, -0.25) is 0 Å². The van der Waals surface area contributed by atoms with Crippen molar-refractivity contribution in [3.8, 4) is 0 Å². The highest BCUT2D eigenvalue weighted by molar-refractivity contribution is 5.83. The third-order valence-electron chi connectivity index (χ3n) is 1.83. The first-order valence-corrected chi connectivity index (χ1v) is 4.51. The van der Waals surface area contributed by atoms with Crippen molar-refractivity contribution in [2.45, 2.75) is 6.92 Å². The summed E-state index contributed by atoms with van der Waals surface area (Å²) in [5.41, 5.74) is 7.81. The van der Waals surface area contributed by atoms with Gasteiger partial charge in [-0.15, -0.1) is 0 Å². The number of allylic oxidation sites excluding steroid dienone is 1. The molecule has 0 fully saturated rings. The lowest BCUT2D eigenvalue weighted by atomic mass is 10.2. The Morgan fingerprint density at radius 2 is 2.13 bits per heavy atom. The average molecular weight is 206 g/mol. The fraction of sp³-hybridized carbons (Fsp3) is 0.182. The van der Waals surface area contributed by atoms with Gasteiger partial charge in [0.2, 0.25) is 0 Å². The number of anilines is 2. The zero-order valence-electron chi connectivity index (χ0n) is 8.78. The summed E-state index contributed by atoms with van der Waals surface area (Å²) in [6, 6.07) is 7.34. The number of esters is 1. The Morgan fingerprint density at radius 3 is 2.73 bits per heavy atom. The molecule has 15 heavy (non-hydrogen) atoms. The molecule has 0 heterocycles. The van der Waals surface area contributed by atoms with E-state index >= 15 is 0 Å². The second kappa shape index (κ2) is 5.05. The third kappa shape index (κ3) is 3.34. The third-order valence-corrected chi connectivity index (χ3v) is 1.83. The van der Waals surface area contributed by atoms with Gasteiger partial charge >= 0.3 is 5.97 Å². The van der Waals surface area contributed by atoms with Crippen molar-refractivity contribution in [2.75, 3.05) is 18.2 Å². The molecule has 1 aromatic rings. The van der Waals surface area contributed by atoms with Crippen LogP contribution in [0.5, 0.6) is 0 Å². The van der Waals surface area contributed by atoms with E-state index in [1.54, 1.807) is 13.0 Å². The van der Waals surface area contributed by atoms with Crippen molar-refractivity contribution in [3.05, 3.63) is 36.0 Å². The molecule has 0 unspecified atom stereocenters. The molecule has 80 valence electrons. The summed E-state index contributed by atoms with van der Waals surface area (Å²) in [5.74, 6) is -0.394. The Bertz CT molecular complexity index is 386. The molecule has 0 aliphatic rings. The number of ether oxygens (including phenoxy) is 1. The zero-order chi connectivity index (χ0) is 11.3. The Labute approximate surface area is 88.7 Å². The van der Waals surface area contributed by atoms with E-state index in [0.717, 1.165) is 5.69 Å². The minimum atomic E-state index is -0.394. The molecule has 0 saturated carbocycles. The van der Waals surface area contributed by atoms with Crippen LogP contribution in [-0.2, 0) is 9.53 Å². The Hall–Kier alpha value is -1.97. The molecule has 0 aliphatic carbocycles. The maximum Gasteiger partial charge on any atom is 0.332 e. The van der Waals surface area contributed by atoms with Crippen LogP contribution in [0, 0.1) is 0 Å². The number of hydrogen-bond acceptors (Lipinski definition) is 4. The van der Waals surface area contributed by atoms with Gasteiger partial charge in [-0.25, -0.2) is 4.79 Å². The first-order valence-electron chi connectivity index (χ1n) is 4.51. The van der Waals surface area contributed by atoms with Crippen LogP contribution < -0.4 is 11.1 Å². The fourth-order valence-electron chi connectivity index (χ4n) is 1.10. The lowest BCUT2D eigenvalue weighted by Crippen LogP contribution is -2.03. The van der Waals surface area contributed by atoms with E-state index in [1.165, 1.54) is 13.2 Å². The summed E-state index contributed by atoms with van der Waals surface area (Å²) < 4.78 is 4.50. The Kier molecular flexibility index (Phi) is 3.74. The van der Waals surface area contributed by atoms with Crippen molar-refractivity contribution in [1.82, 2.24) is 0 Å². The van der Waals surface area contributed by atoms with Crippen molar-refractivity contribution in [2.24, 2.45) is 0 Å². The van der Waals surface area contributed by atoms with Crippen molar-refractivity contribution in [3.63, 3.8) is 0 Å². The Morgan fingerprint density at radius 1 is 1.47 bits per heavy atom. The van der Waals surface area contributed by atoms with E-state index in [2.05, 4.69) is 10.1 Å². The molecule has 0 radical (unpaired) electrons. The molecule has 0 aliphatic heterocycles. The topological polar surface area (TPSA) is 64.3 Å². The quantitative estimate of drug-likeness (QED) is 0.449. The zero-order valence-corrected chi connectivity index (χ0v) is 8.78. The minimum Gasteiger partial charge on any atom is -0.466 e. The molecule has 1 rings (SSSR count). The minimum absolute atomic E-state index is 0.394. The van der Waals surface area contributed by atoms with Gasteiger partial charge in [0.25, 0.3) is 0 Å². The number of nitrogen functional groups attached to an aromatic ring is 1. The van der Waals surface area contributed by atoms with Crippen LogP contribution >= 0.6 is 0 Å². The van der Waals surface area contributed by atoms with Gasteiger partial charge in [0.05, 0.1) is 18.5 Å². The molecule has 1 aromatic carbocycles. The summed E-state index contributed by atoms with van der Waals surface area (Å²) >= 11 is 0. The summed E-state index contributed by atoms with van der Waals surface area (Å²) in [5, 5.41) is 3.01. The molecule has 0 bridgehead atoms. The fourth-order valence-corrected chi connectivity index (χ4v) is 1.10. The highest BCUT2D eigenvalue weighted by Crippen LogP contribution is 2.18. The smallest absolute Gasteiger partial charge is 0.332 e. The van der Waals surface area contributed by atoms with Crippen LogP contribution in [-0.4, -0.2) is 13.1 Å². The number of nitrogens with one attached hydrogen (secondary N) is 1. The molecule has 0 atom stereocenters. The standard InChI is InChI=1S/C11H14N2O2/c1-8(7-11(14)15-2)13-10-6-4-3-5-9(10)12/h3-7,13H,12H2,1-2H3/b8-7+. The number of benzene rings is 1. The largest absolute Gasteiger partial charge is 0.466 e. The number of hydrogen-bond donors (Lipinski definition) is 2. The first kappa shape index (κ1) is 11.1. The summed E-state index contributed by atoms with van der Waals surface area (Å²) in [4.78, 5) is 10.9. The van der Waals surface area contributed by atoms with E-state index in [9.17, 15) is 4.79 Å². The van der Waals surface area contributed by atoms with E-state index < -0.39 is 5.97 Å². The first-order chi connectivity index (χ1) is 7.13. The van der Waals surface area contributed by atoms with Crippen molar-refractivity contribution >= 4 is 17.3 Å². The second-order valence-corrected chi connectivity index (χ2v) is 3.06. The average Bonchev–Trinajstić information content (AvgIpc) is 2.21. The van der Waals surface area contributed by atoms with E-state index in [0.29, 0.717) is 11.4 Å². The van der Waals surface area contributed by atoms with Gasteiger partial charge in [0, 0.05) is 11.8 Å². The summed E-state index contributed by atoms with van der Waals surface area (Å²) in [6.07, 6.45) is 1.37. The monoisotopic (exact) mass is 206 g/mol. The second-order valence-electron chi connectivity index (χ2n) is 3.06. The molecule has 0 amide bonds. The number of carbonyl (C=O) groups excluding carboxylic acids is 1. The van der Waals surface area contributed by atoms with Crippen LogP contribution in [0.15, 0.2) is 36.0 Å². The van der Waals surface area contributed by atoms with Crippen LogP contribution in [0.2, 0.25) is 0 Å². The summed E-state index contributed by atoms with van der Waals surface area (Å²) in [7, 11) is 1.34. The predicted octanol–water partition coefficient (Wildman–Crippen LogP) is 1.76. The molecule has 0 aromatic heterocycles. The number of para-hydroxylation sites is 2. The molecular weight excluding hydrogens is 192 g/mol. The predicted molar refractivity (Wildman–Crippen MR) is 60.3 cm³/mol. The number of methoxy groups -OCH3 is 1. The van der Waals surface area contributed by atoms with Crippen LogP contribution in [0.25, 0.3) is 0 Å². The Balaban J connectivity index is 2.74. The van der Waals surface area contributed by atoms with Crippen LogP contribution in [0.3, 0.4) is 0 Å². The lowest BCUT2D eigenvalue weighted by Gasteiger charge is -2.08. The number of nitrogens with two attached hydrogens (primary N) is 1. The van der Waals surface area contributed by atoms with Crippen molar-refractivity contribution < 1.29 is 9.53 Å². The van der Waals surface area contributed by atoms with Crippen molar-refractivity contribution in [1.29, 1.82) is 0 Å². The van der Waals surface area contributed by atoms with E-state index in [1.807, 2.05) is 18.2 Å². The molecule has 3 N–H and O–H groups in total. The lowest BCUT2D eigenvalue weighted by molar-refractivity contribution is -0.134. The van der Waals surface area contributed by atoms with Gasteiger partial charge in [0.1, 0.15) is 0 Å². The SMILES string of the molecule is COC(=O)/C=C(\C)Nc1ccccc1N. The maximum atomic E-state index is 10.9. The number of carbonyl (C=O) groups is 1. The molecular formula is C11H14N2O2. The molecule has 0 saturated heterocycles. The number of rotatable bonds is 3. The van der Waals surface area contributed by atoms with E-state index in [4.69, 9.17) is 5.73 Å². The van der Waals surface area contributed by atoms with Crippen LogP contribution in [0.1, 0.15) is 6.92 Å². The highest BCUT2D eigenvalue weighted by atomic mass is 16.5. The highest BCUT2D eigenvalue weighted by Gasteiger charge is 1.99. The van der Waals surface area contributed by atoms with Gasteiger partial charge < -0.3 is 15.8 Å². The van der Waals surface area contributed by atoms with Gasteiger partial charge in [-0.2, -0.15) is 0 Å². The molecule has 4 heteroatoms. The van der Waals surface area contributed by atoms with Gasteiger partial charge in [-0.05, 0) is 19.1 Å². The van der Waals surface area contributed by atoms with Crippen LogP contribution in [0.4, 0.5) is 11.4 Å². The normalized spacial score (nSPS) is 10.9.